The van der Waals surface area contributed by atoms with Crippen LogP contribution in [0.15, 0.2) is 48.5 Å². The lowest BCUT2D eigenvalue weighted by Gasteiger charge is -2.16. The van der Waals surface area contributed by atoms with E-state index in [1.54, 1.807) is 12.1 Å². The van der Waals surface area contributed by atoms with Gasteiger partial charge in [0.25, 0.3) is 5.91 Å². The molecule has 6 nitrogen and oxygen atoms in total. The Labute approximate surface area is 172 Å². The number of rotatable bonds is 8. The smallest absolute Gasteiger partial charge is 0.260 e. The lowest BCUT2D eigenvalue weighted by Crippen LogP contribution is -2.32. The van der Waals surface area contributed by atoms with Crippen LogP contribution in [-0.2, 0) is 9.59 Å². The molecular formula is C23H29N3O3. The minimum Gasteiger partial charge on any atom is -0.484 e. The van der Waals surface area contributed by atoms with Crippen LogP contribution in [0.2, 0.25) is 0 Å². The highest BCUT2D eigenvalue weighted by Crippen LogP contribution is 2.23. The molecule has 0 spiro atoms. The largest absolute Gasteiger partial charge is 0.484 e. The maximum absolute atomic E-state index is 12.4. The Morgan fingerprint density at radius 1 is 1.07 bits per heavy atom. The summed E-state index contributed by atoms with van der Waals surface area (Å²) in [5.74, 6) is 0.836. The summed E-state index contributed by atoms with van der Waals surface area (Å²) in [5.41, 5.74) is 2.72. The summed E-state index contributed by atoms with van der Waals surface area (Å²) in [6.45, 7) is 6.02. The van der Waals surface area contributed by atoms with Gasteiger partial charge >= 0.3 is 0 Å². The van der Waals surface area contributed by atoms with Gasteiger partial charge in [-0.05, 0) is 42.5 Å². The number of anilines is 2. The Morgan fingerprint density at radius 3 is 2.59 bits per heavy atom. The highest BCUT2D eigenvalue weighted by atomic mass is 16.5. The number of carbonyl (C=O) groups excluding carboxylic acids is 2. The number of hydrogen-bond acceptors (Lipinski definition) is 4. The number of amides is 2. The van der Waals surface area contributed by atoms with Gasteiger partial charge in [0.2, 0.25) is 5.91 Å². The van der Waals surface area contributed by atoms with Crippen LogP contribution < -0.4 is 15.4 Å². The van der Waals surface area contributed by atoms with Crippen molar-refractivity contribution in [2.24, 2.45) is 0 Å². The van der Waals surface area contributed by atoms with E-state index in [1.165, 1.54) is 0 Å². The number of carbonyl (C=O) groups is 2. The fourth-order valence-corrected chi connectivity index (χ4v) is 3.39. The first-order chi connectivity index (χ1) is 14.0. The summed E-state index contributed by atoms with van der Waals surface area (Å²) >= 11 is 0. The summed E-state index contributed by atoms with van der Waals surface area (Å²) in [6.07, 6.45) is 2.13. The summed E-state index contributed by atoms with van der Waals surface area (Å²) in [4.78, 5) is 26.3. The Kier molecular flexibility index (Phi) is 7.11. The van der Waals surface area contributed by atoms with Gasteiger partial charge in [0.1, 0.15) is 5.75 Å². The monoisotopic (exact) mass is 395 g/mol. The number of nitrogens with one attached hydrogen (secondary N) is 2. The van der Waals surface area contributed by atoms with Crippen LogP contribution in [-0.4, -0.2) is 43.0 Å². The van der Waals surface area contributed by atoms with E-state index < -0.39 is 0 Å². The summed E-state index contributed by atoms with van der Waals surface area (Å²) < 4.78 is 5.63. The molecule has 0 unspecified atom stereocenters. The third-order valence-corrected chi connectivity index (χ3v) is 4.97. The minimum atomic E-state index is -0.117. The molecule has 2 N–H and O–H groups in total. The zero-order valence-corrected chi connectivity index (χ0v) is 17.1. The summed E-state index contributed by atoms with van der Waals surface area (Å²) in [6, 6.07) is 15.1. The SMILES string of the molecule is CC(C)c1ccccc1NC(=O)CNc1cccc(OCC(=O)N2CCCC2)c1. The van der Waals surface area contributed by atoms with Gasteiger partial charge < -0.3 is 20.3 Å². The molecule has 0 radical (unpaired) electrons. The van der Waals surface area contributed by atoms with Gasteiger partial charge in [0.05, 0.1) is 6.54 Å². The normalized spacial score (nSPS) is 13.4. The molecule has 3 rings (SSSR count). The van der Waals surface area contributed by atoms with Crippen molar-refractivity contribution in [2.75, 3.05) is 36.9 Å². The molecule has 6 heteroatoms. The van der Waals surface area contributed by atoms with Gasteiger partial charge in [-0.2, -0.15) is 0 Å². The van der Waals surface area contributed by atoms with E-state index in [1.807, 2.05) is 41.3 Å². The highest BCUT2D eigenvalue weighted by molar-refractivity contribution is 5.94. The van der Waals surface area contributed by atoms with E-state index in [2.05, 4.69) is 24.5 Å². The van der Waals surface area contributed by atoms with E-state index in [9.17, 15) is 9.59 Å². The van der Waals surface area contributed by atoms with Crippen molar-refractivity contribution >= 4 is 23.2 Å². The lowest BCUT2D eigenvalue weighted by molar-refractivity contribution is -0.132. The molecule has 1 aliphatic heterocycles. The number of para-hydroxylation sites is 1. The standard InChI is InChI=1S/C23H29N3O3/c1-17(2)20-10-3-4-11-21(20)25-22(27)15-24-18-8-7-9-19(14-18)29-16-23(28)26-12-5-6-13-26/h3-4,7-11,14,17,24H,5-6,12-13,15-16H2,1-2H3,(H,25,27). The Bertz CT molecular complexity index is 845. The predicted octanol–water partition coefficient (Wildman–Crippen LogP) is 3.86. The number of hydrogen-bond donors (Lipinski definition) is 2. The maximum Gasteiger partial charge on any atom is 0.260 e. The van der Waals surface area contributed by atoms with Gasteiger partial charge in [0.15, 0.2) is 6.61 Å². The minimum absolute atomic E-state index is 0.0176. The van der Waals surface area contributed by atoms with Gasteiger partial charge in [-0.1, -0.05) is 38.1 Å². The van der Waals surface area contributed by atoms with Gasteiger partial charge in [-0.25, -0.2) is 0 Å². The Hall–Kier alpha value is -3.02. The van der Waals surface area contributed by atoms with Crippen LogP contribution in [0.4, 0.5) is 11.4 Å². The van der Waals surface area contributed by atoms with Crippen molar-refractivity contribution in [1.82, 2.24) is 4.90 Å². The molecular weight excluding hydrogens is 366 g/mol. The van der Waals surface area contributed by atoms with Crippen molar-refractivity contribution in [3.8, 4) is 5.75 Å². The van der Waals surface area contributed by atoms with Gasteiger partial charge in [-0.3, -0.25) is 9.59 Å². The van der Waals surface area contributed by atoms with Crippen LogP contribution in [0.1, 0.15) is 38.2 Å². The van der Waals surface area contributed by atoms with E-state index in [4.69, 9.17) is 4.74 Å². The molecule has 1 heterocycles. The summed E-state index contributed by atoms with van der Waals surface area (Å²) in [7, 11) is 0. The molecule has 1 aliphatic rings. The molecule has 154 valence electrons. The summed E-state index contributed by atoms with van der Waals surface area (Å²) in [5, 5.41) is 6.07. The third-order valence-electron chi connectivity index (χ3n) is 4.97. The average Bonchev–Trinajstić information content (AvgIpc) is 3.26. The fraction of sp³-hybridized carbons (Fsp3) is 0.391. The second-order valence-electron chi connectivity index (χ2n) is 7.55. The second kappa shape index (κ2) is 9.96. The molecule has 2 aromatic rings. The zero-order valence-electron chi connectivity index (χ0n) is 17.1. The van der Waals surface area contributed by atoms with E-state index in [0.29, 0.717) is 11.7 Å². The predicted molar refractivity (Wildman–Crippen MR) is 115 cm³/mol. The zero-order chi connectivity index (χ0) is 20.6. The first-order valence-electron chi connectivity index (χ1n) is 10.2. The molecule has 2 aromatic carbocycles. The topological polar surface area (TPSA) is 70.7 Å². The molecule has 0 saturated carbocycles. The second-order valence-corrected chi connectivity index (χ2v) is 7.55. The molecule has 0 atom stereocenters. The van der Waals surface area contributed by atoms with Crippen molar-refractivity contribution in [3.05, 3.63) is 54.1 Å². The van der Waals surface area contributed by atoms with E-state index >= 15 is 0 Å². The van der Waals surface area contributed by atoms with Gasteiger partial charge in [-0.15, -0.1) is 0 Å². The molecule has 0 aromatic heterocycles. The molecule has 1 fully saturated rings. The van der Waals surface area contributed by atoms with Crippen molar-refractivity contribution in [1.29, 1.82) is 0 Å². The number of nitrogens with zero attached hydrogens (tertiary/aromatic N) is 1. The first-order valence-corrected chi connectivity index (χ1v) is 10.2. The fourth-order valence-electron chi connectivity index (χ4n) is 3.39. The molecule has 0 aliphatic carbocycles. The van der Waals surface area contributed by atoms with E-state index in [0.717, 1.165) is 42.9 Å². The van der Waals surface area contributed by atoms with Crippen LogP contribution in [0.5, 0.6) is 5.75 Å². The number of likely N-dealkylation sites (tertiary alicyclic amines) is 1. The first kappa shape index (κ1) is 20.7. The molecule has 2 amide bonds. The van der Waals surface area contributed by atoms with Crippen molar-refractivity contribution < 1.29 is 14.3 Å². The lowest BCUT2D eigenvalue weighted by atomic mass is 10.0. The van der Waals surface area contributed by atoms with Crippen LogP contribution in [0.3, 0.4) is 0 Å². The molecule has 0 bridgehead atoms. The van der Waals surface area contributed by atoms with Crippen LogP contribution in [0.25, 0.3) is 0 Å². The Morgan fingerprint density at radius 2 is 1.83 bits per heavy atom. The maximum atomic E-state index is 12.4. The molecule has 29 heavy (non-hydrogen) atoms. The van der Waals surface area contributed by atoms with Crippen LogP contribution >= 0.6 is 0 Å². The van der Waals surface area contributed by atoms with E-state index in [-0.39, 0.29) is 25.0 Å². The Balaban J connectivity index is 1.50. The number of benzene rings is 2. The number of ether oxygens (including phenoxy) is 1. The highest BCUT2D eigenvalue weighted by Gasteiger charge is 2.18. The van der Waals surface area contributed by atoms with Crippen LogP contribution in [0, 0.1) is 0 Å². The third kappa shape index (κ3) is 5.98. The quantitative estimate of drug-likeness (QED) is 0.712. The molecule has 1 saturated heterocycles. The van der Waals surface area contributed by atoms with Crippen molar-refractivity contribution in [3.63, 3.8) is 0 Å². The average molecular weight is 396 g/mol. The van der Waals surface area contributed by atoms with Gasteiger partial charge in [0, 0.05) is 30.5 Å². The van der Waals surface area contributed by atoms with Crippen molar-refractivity contribution in [2.45, 2.75) is 32.6 Å².